The molecule has 0 fully saturated rings. The van der Waals surface area contributed by atoms with E-state index in [-0.39, 0.29) is 22.4 Å². The average molecular weight is 200 g/mol. The summed E-state index contributed by atoms with van der Waals surface area (Å²) in [6.45, 7) is 2.08. The first-order chi connectivity index (χ1) is 3.39. The van der Waals surface area contributed by atoms with Crippen LogP contribution in [-0.4, -0.2) is 0 Å². The average Bonchev–Trinajstić information content (AvgIpc) is 1.69. The van der Waals surface area contributed by atoms with E-state index in [1.807, 2.05) is 18.2 Å². The van der Waals surface area contributed by atoms with Gasteiger partial charge < -0.3 is 0 Å². The van der Waals surface area contributed by atoms with Crippen molar-refractivity contribution < 1.29 is 22.4 Å². The van der Waals surface area contributed by atoms with Crippen LogP contribution in [0.25, 0.3) is 0 Å². The summed E-state index contributed by atoms with van der Waals surface area (Å²) in [6.07, 6.45) is 0. The molecule has 1 aromatic carbocycles. The van der Waals surface area contributed by atoms with Gasteiger partial charge in [-0.1, -0.05) is 35.9 Å². The molecule has 0 saturated carbocycles. The van der Waals surface area contributed by atoms with Crippen LogP contribution in [0.3, 0.4) is 0 Å². The summed E-state index contributed by atoms with van der Waals surface area (Å²) in [7, 11) is 0. The number of hydrogen-bond donors (Lipinski definition) is 0. The Morgan fingerprint density at radius 3 is 1.75 bits per heavy atom. The molecule has 0 aliphatic carbocycles. The Labute approximate surface area is 65.4 Å². The van der Waals surface area contributed by atoms with Crippen LogP contribution < -0.4 is 0 Å². The van der Waals surface area contributed by atoms with Gasteiger partial charge in [-0.25, -0.2) is 0 Å². The minimum atomic E-state index is 0. The van der Waals surface area contributed by atoms with Crippen molar-refractivity contribution in [3.63, 3.8) is 0 Å². The van der Waals surface area contributed by atoms with Gasteiger partial charge in [0.15, 0.2) is 0 Å². The molecule has 0 saturated heterocycles. The SMILES string of the molecule is Cc1ccccc1.[Ag]. The molecule has 1 aromatic rings. The van der Waals surface area contributed by atoms with Crippen molar-refractivity contribution in [2.45, 2.75) is 6.92 Å². The first-order valence-electron chi connectivity index (χ1n) is 2.41. The zero-order chi connectivity index (χ0) is 5.11. The molecule has 0 aliphatic heterocycles. The first-order valence-corrected chi connectivity index (χ1v) is 2.41. The number of rotatable bonds is 0. The van der Waals surface area contributed by atoms with Gasteiger partial charge in [0.05, 0.1) is 0 Å². The van der Waals surface area contributed by atoms with E-state index in [9.17, 15) is 0 Å². The maximum Gasteiger partial charge on any atom is 0 e. The zero-order valence-electron chi connectivity index (χ0n) is 4.69. The normalized spacial score (nSPS) is 7.62. The molecule has 1 heteroatoms. The van der Waals surface area contributed by atoms with Gasteiger partial charge >= 0.3 is 0 Å². The minimum absolute atomic E-state index is 0. The third kappa shape index (κ3) is 2.31. The van der Waals surface area contributed by atoms with Gasteiger partial charge in [0.2, 0.25) is 0 Å². The van der Waals surface area contributed by atoms with Crippen LogP contribution in [0.5, 0.6) is 0 Å². The molecule has 0 atom stereocenters. The van der Waals surface area contributed by atoms with E-state index >= 15 is 0 Å². The summed E-state index contributed by atoms with van der Waals surface area (Å²) in [6, 6.07) is 10.3. The van der Waals surface area contributed by atoms with Crippen LogP contribution in [0.2, 0.25) is 0 Å². The second-order valence-corrected chi connectivity index (χ2v) is 1.65. The molecular weight excluding hydrogens is 192 g/mol. The first kappa shape index (κ1) is 7.96. The minimum Gasteiger partial charge on any atom is -0.0622 e. The third-order valence-corrected chi connectivity index (χ3v) is 0.940. The van der Waals surface area contributed by atoms with Gasteiger partial charge in [-0.3, -0.25) is 0 Å². The van der Waals surface area contributed by atoms with Gasteiger partial charge in [-0.05, 0) is 6.92 Å². The van der Waals surface area contributed by atoms with Crippen molar-refractivity contribution in [1.82, 2.24) is 0 Å². The van der Waals surface area contributed by atoms with Crippen LogP contribution >= 0.6 is 0 Å². The Hall–Kier alpha value is -0.0397. The summed E-state index contributed by atoms with van der Waals surface area (Å²) < 4.78 is 0. The Bertz CT molecular complexity index is 134. The molecule has 0 nitrogen and oxygen atoms in total. The summed E-state index contributed by atoms with van der Waals surface area (Å²) in [4.78, 5) is 0. The molecule has 0 N–H and O–H groups in total. The Balaban J connectivity index is 0.000000490. The van der Waals surface area contributed by atoms with Crippen LogP contribution in [0, 0.1) is 6.92 Å². The van der Waals surface area contributed by atoms with Crippen molar-refractivity contribution >= 4 is 0 Å². The van der Waals surface area contributed by atoms with E-state index in [0.29, 0.717) is 0 Å². The van der Waals surface area contributed by atoms with Gasteiger partial charge in [-0.2, -0.15) is 0 Å². The van der Waals surface area contributed by atoms with Crippen LogP contribution in [0.15, 0.2) is 30.3 Å². The number of aryl methyl sites for hydroxylation is 1. The molecule has 0 amide bonds. The molecule has 47 valence electrons. The van der Waals surface area contributed by atoms with Crippen molar-refractivity contribution in [2.24, 2.45) is 0 Å². The molecular formula is C7H8Ag. The van der Waals surface area contributed by atoms with Gasteiger partial charge in [0.1, 0.15) is 0 Å². The van der Waals surface area contributed by atoms with E-state index in [1.54, 1.807) is 0 Å². The molecule has 0 heterocycles. The summed E-state index contributed by atoms with van der Waals surface area (Å²) in [5, 5.41) is 0. The van der Waals surface area contributed by atoms with Crippen molar-refractivity contribution in [3.05, 3.63) is 35.9 Å². The van der Waals surface area contributed by atoms with E-state index in [0.717, 1.165) is 0 Å². The maximum absolute atomic E-state index is 2.08. The second kappa shape index (κ2) is 3.90. The molecule has 0 aliphatic rings. The molecule has 1 radical (unpaired) electrons. The number of hydrogen-bond acceptors (Lipinski definition) is 0. The van der Waals surface area contributed by atoms with Crippen molar-refractivity contribution in [1.29, 1.82) is 0 Å². The topological polar surface area (TPSA) is 0 Å². The summed E-state index contributed by atoms with van der Waals surface area (Å²) in [5.74, 6) is 0. The Morgan fingerprint density at radius 2 is 1.50 bits per heavy atom. The monoisotopic (exact) mass is 199 g/mol. The van der Waals surface area contributed by atoms with Gasteiger partial charge in [-0.15, -0.1) is 0 Å². The Morgan fingerprint density at radius 1 is 1.00 bits per heavy atom. The predicted molar refractivity (Wildman–Crippen MR) is 31.2 cm³/mol. The fourth-order valence-electron chi connectivity index (χ4n) is 0.534. The van der Waals surface area contributed by atoms with E-state index < -0.39 is 0 Å². The fourth-order valence-corrected chi connectivity index (χ4v) is 0.534. The van der Waals surface area contributed by atoms with Crippen LogP contribution in [-0.2, 0) is 22.4 Å². The Kier molecular flexibility index (Phi) is 3.88. The zero-order valence-corrected chi connectivity index (χ0v) is 6.17. The number of benzene rings is 1. The molecule has 0 unspecified atom stereocenters. The molecule has 0 spiro atoms. The van der Waals surface area contributed by atoms with Crippen molar-refractivity contribution in [3.8, 4) is 0 Å². The summed E-state index contributed by atoms with van der Waals surface area (Å²) >= 11 is 0. The molecule has 1 rings (SSSR count). The third-order valence-electron chi connectivity index (χ3n) is 0.940. The fraction of sp³-hybridized carbons (Fsp3) is 0.143. The largest absolute Gasteiger partial charge is 0.0622 e. The molecule has 0 bridgehead atoms. The quantitative estimate of drug-likeness (QED) is 0.561. The maximum atomic E-state index is 2.08. The van der Waals surface area contributed by atoms with Crippen LogP contribution in [0.1, 0.15) is 5.56 Å². The van der Waals surface area contributed by atoms with E-state index in [2.05, 4.69) is 19.1 Å². The summed E-state index contributed by atoms with van der Waals surface area (Å²) in [5.41, 5.74) is 1.32. The standard InChI is InChI=1S/C7H8.Ag/c1-7-5-3-2-4-6-7;/h2-6H,1H3;. The molecule has 0 aromatic heterocycles. The van der Waals surface area contributed by atoms with E-state index in [4.69, 9.17) is 0 Å². The second-order valence-electron chi connectivity index (χ2n) is 1.65. The molecule has 8 heavy (non-hydrogen) atoms. The smallest absolute Gasteiger partial charge is 0 e. The van der Waals surface area contributed by atoms with E-state index in [1.165, 1.54) is 5.56 Å². The van der Waals surface area contributed by atoms with Crippen LogP contribution in [0.4, 0.5) is 0 Å². The predicted octanol–water partition coefficient (Wildman–Crippen LogP) is 1.99. The van der Waals surface area contributed by atoms with Gasteiger partial charge in [0, 0.05) is 22.4 Å². The van der Waals surface area contributed by atoms with Gasteiger partial charge in [0.25, 0.3) is 0 Å². The van der Waals surface area contributed by atoms with Crippen molar-refractivity contribution in [2.75, 3.05) is 0 Å².